The number of nitrogens with zero attached hydrogens (tertiary/aromatic N) is 4. The molecule has 0 amide bonds. The molecule has 0 radical (unpaired) electrons. The fourth-order valence-electron chi connectivity index (χ4n) is 2.13. The van der Waals surface area contributed by atoms with E-state index in [-0.39, 0.29) is 0 Å². The number of nitrogens with two attached hydrogens (primary N) is 1. The van der Waals surface area contributed by atoms with Gasteiger partial charge in [0.05, 0.1) is 0 Å². The zero-order chi connectivity index (χ0) is 12.3. The third-order valence-electron chi connectivity index (χ3n) is 2.97. The van der Waals surface area contributed by atoms with Gasteiger partial charge in [0.2, 0.25) is 11.9 Å². The van der Waals surface area contributed by atoms with E-state index < -0.39 is 0 Å². The van der Waals surface area contributed by atoms with Gasteiger partial charge in [-0.1, -0.05) is 6.92 Å². The van der Waals surface area contributed by atoms with E-state index in [1.807, 2.05) is 6.92 Å². The highest BCUT2D eigenvalue weighted by molar-refractivity contribution is 5.32. The van der Waals surface area contributed by atoms with Crippen molar-refractivity contribution in [3.63, 3.8) is 0 Å². The number of piperidine rings is 1. The molecule has 0 bridgehead atoms. The van der Waals surface area contributed by atoms with Crippen molar-refractivity contribution in [2.75, 3.05) is 31.2 Å². The first-order chi connectivity index (χ1) is 8.17. The first-order valence-electron chi connectivity index (χ1n) is 6.13. The fourth-order valence-corrected chi connectivity index (χ4v) is 2.13. The van der Waals surface area contributed by atoms with Crippen molar-refractivity contribution >= 4 is 11.9 Å². The number of anilines is 2. The Balaban J connectivity index is 2.04. The summed E-state index contributed by atoms with van der Waals surface area (Å²) in [7, 11) is 2.13. The summed E-state index contributed by atoms with van der Waals surface area (Å²) in [6.45, 7) is 4.19. The van der Waals surface area contributed by atoms with E-state index in [2.05, 4.69) is 32.2 Å². The van der Waals surface area contributed by atoms with Crippen LogP contribution in [-0.4, -0.2) is 46.0 Å². The number of likely N-dealkylation sites (N-methyl/N-ethyl adjacent to an activating group) is 1. The lowest BCUT2D eigenvalue weighted by molar-refractivity contribution is 0.260. The molecule has 6 nitrogen and oxygen atoms in total. The second-order valence-electron chi connectivity index (χ2n) is 4.53. The Bertz CT molecular complexity index is 380. The van der Waals surface area contributed by atoms with E-state index >= 15 is 0 Å². The van der Waals surface area contributed by atoms with Crippen molar-refractivity contribution in [3.05, 3.63) is 5.82 Å². The summed E-state index contributed by atoms with van der Waals surface area (Å²) in [4.78, 5) is 14.8. The third-order valence-corrected chi connectivity index (χ3v) is 2.97. The Labute approximate surface area is 102 Å². The maximum absolute atomic E-state index is 5.65. The number of aromatic nitrogens is 3. The van der Waals surface area contributed by atoms with Crippen molar-refractivity contribution in [3.8, 4) is 0 Å². The number of hydrogen-bond donors (Lipinski definition) is 2. The van der Waals surface area contributed by atoms with Gasteiger partial charge in [-0.2, -0.15) is 15.0 Å². The van der Waals surface area contributed by atoms with Crippen LogP contribution in [0.25, 0.3) is 0 Å². The normalized spacial score (nSPS) is 21.4. The molecular formula is C11H20N6. The molecule has 1 unspecified atom stereocenters. The lowest BCUT2D eigenvalue weighted by atomic mass is 10.1. The molecule has 1 aliphatic rings. The SMILES string of the molecule is CCc1nc(N)nc(NC2CCCN(C)C2)n1. The molecule has 0 saturated carbocycles. The highest BCUT2D eigenvalue weighted by atomic mass is 15.2. The molecule has 2 heterocycles. The van der Waals surface area contributed by atoms with E-state index in [9.17, 15) is 0 Å². The number of hydrogen-bond acceptors (Lipinski definition) is 6. The summed E-state index contributed by atoms with van der Waals surface area (Å²) < 4.78 is 0. The molecule has 17 heavy (non-hydrogen) atoms. The largest absolute Gasteiger partial charge is 0.368 e. The summed E-state index contributed by atoms with van der Waals surface area (Å²) in [5.74, 6) is 1.64. The number of likely N-dealkylation sites (tertiary alicyclic amines) is 1. The van der Waals surface area contributed by atoms with E-state index in [1.54, 1.807) is 0 Å². The lowest BCUT2D eigenvalue weighted by Crippen LogP contribution is -2.40. The van der Waals surface area contributed by atoms with Crippen LogP contribution < -0.4 is 11.1 Å². The molecule has 1 saturated heterocycles. The van der Waals surface area contributed by atoms with Crippen LogP contribution in [0.5, 0.6) is 0 Å². The molecular weight excluding hydrogens is 216 g/mol. The predicted molar refractivity (Wildman–Crippen MR) is 67.8 cm³/mol. The van der Waals surface area contributed by atoms with Gasteiger partial charge >= 0.3 is 0 Å². The minimum atomic E-state index is 0.295. The topological polar surface area (TPSA) is 80.0 Å². The molecule has 0 aliphatic carbocycles. The van der Waals surface area contributed by atoms with Crippen LogP contribution in [0.1, 0.15) is 25.6 Å². The zero-order valence-electron chi connectivity index (χ0n) is 10.5. The molecule has 1 aromatic heterocycles. The van der Waals surface area contributed by atoms with Crippen LogP contribution in [0.3, 0.4) is 0 Å². The van der Waals surface area contributed by atoms with Crippen molar-refractivity contribution in [1.82, 2.24) is 19.9 Å². The van der Waals surface area contributed by atoms with Gasteiger partial charge in [0, 0.05) is 19.0 Å². The van der Waals surface area contributed by atoms with Crippen molar-refractivity contribution in [1.29, 1.82) is 0 Å². The monoisotopic (exact) mass is 236 g/mol. The van der Waals surface area contributed by atoms with E-state index in [0.29, 0.717) is 17.9 Å². The number of nitrogens with one attached hydrogen (secondary N) is 1. The molecule has 3 N–H and O–H groups in total. The number of rotatable bonds is 3. The molecule has 94 valence electrons. The van der Waals surface area contributed by atoms with Gasteiger partial charge in [-0.15, -0.1) is 0 Å². The van der Waals surface area contributed by atoms with Gasteiger partial charge in [0.25, 0.3) is 0 Å². The molecule has 1 aromatic rings. The molecule has 6 heteroatoms. The summed E-state index contributed by atoms with van der Waals surface area (Å²) in [5, 5.41) is 3.34. The smallest absolute Gasteiger partial charge is 0.227 e. The van der Waals surface area contributed by atoms with Gasteiger partial charge in [-0.05, 0) is 26.4 Å². The predicted octanol–water partition coefficient (Wildman–Crippen LogP) is 0.522. The van der Waals surface area contributed by atoms with Crippen LogP contribution >= 0.6 is 0 Å². The molecule has 0 spiro atoms. The maximum atomic E-state index is 5.65. The Kier molecular flexibility index (Phi) is 3.73. The molecule has 0 aromatic carbocycles. The Morgan fingerprint density at radius 1 is 1.41 bits per heavy atom. The van der Waals surface area contributed by atoms with Gasteiger partial charge in [0.15, 0.2) is 0 Å². The molecule has 1 atom stereocenters. The van der Waals surface area contributed by atoms with Crippen molar-refractivity contribution < 1.29 is 0 Å². The first-order valence-corrected chi connectivity index (χ1v) is 6.13. The second kappa shape index (κ2) is 5.27. The first kappa shape index (κ1) is 12.0. The van der Waals surface area contributed by atoms with Crippen molar-refractivity contribution in [2.45, 2.75) is 32.2 Å². The standard InChI is InChI=1S/C11H20N6/c1-3-9-14-10(12)16-11(15-9)13-8-5-4-6-17(2)7-8/h8H,3-7H2,1-2H3,(H3,12,13,14,15,16). The lowest BCUT2D eigenvalue weighted by Gasteiger charge is -2.30. The van der Waals surface area contributed by atoms with Gasteiger partial charge in [-0.25, -0.2) is 0 Å². The average Bonchev–Trinajstić information content (AvgIpc) is 2.28. The molecule has 1 aliphatic heterocycles. The number of aryl methyl sites for hydroxylation is 1. The Morgan fingerprint density at radius 3 is 2.94 bits per heavy atom. The van der Waals surface area contributed by atoms with Crippen LogP contribution in [0.15, 0.2) is 0 Å². The van der Waals surface area contributed by atoms with Crippen LogP contribution in [0, 0.1) is 0 Å². The van der Waals surface area contributed by atoms with Crippen LogP contribution in [-0.2, 0) is 6.42 Å². The second-order valence-corrected chi connectivity index (χ2v) is 4.53. The minimum absolute atomic E-state index is 0.295. The van der Waals surface area contributed by atoms with Gasteiger partial charge in [0.1, 0.15) is 5.82 Å². The van der Waals surface area contributed by atoms with Gasteiger partial charge < -0.3 is 16.0 Å². The summed E-state index contributed by atoms with van der Waals surface area (Å²) in [5.41, 5.74) is 5.65. The maximum Gasteiger partial charge on any atom is 0.227 e. The Morgan fingerprint density at radius 2 is 2.24 bits per heavy atom. The highest BCUT2D eigenvalue weighted by Gasteiger charge is 2.18. The number of nitrogen functional groups attached to an aromatic ring is 1. The highest BCUT2D eigenvalue weighted by Crippen LogP contribution is 2.13. The molecule has 1 fully saturated rings. The minimum Gasteiger partial charge on any atom is -0.368 e. The fraction of sp³-hybridized carbons (Fsp3) is 0.727. The average molecular weight is 236 g/mol. The van der Waals surface area contributed by atoms with E-state index in [4.69, 9.17) is 5.73 Å². The third kappa shape index (κ3) is 3.26. The molecule has 2 rings (SSSR count). The van der Waals surface area contributed by atoms with Crippen LogP contribution in [0.4, 0.5) is 11.9 Å². The van der Waals surface area contributed by atoms with Crippen molar-refractivity contribution in [2.24, 2.45) is 0 Å². The summed E-state index contributed by atoms with van der Waals surface area (Å²) >= 11 is 0. The summed E-state index contributed by atoms with van der Waals surface area (Å²) in [6, 6.07) is 0.403. The quantitative estimate of drug-likeness (QED) is 0.796. The van der Waals surface area contributed by atoms with Gasteiger partial charge in [-0.3, -0.25) is 0 Å². The van der Waals surface area contributed by atoms with E-state index in [0.717, 1.165) is 31.8 Å². The van der Waals surface area contributed by atoms with Crippen LogP contribution in [0.2, 0.25) is 0 Å². The Hall–Kier alpha value is -1.43. The van der Waals surface area contributed by atoms with E-state index in [1.165, 1.54) is 6.42 Å². The zero-order valence-corrected chi connectivity index (χ0v) is 10.5. The summed E-state index contributed by atoms with van der Waals surface area (Å²) in [6.07, 6.45) is 3.12.